The van der Waals surface area contributed by atoms with Gasteiger partial charge in [0.2, 0.25) is 0 Å². The summed E-state index contributed by atoms with van der Waals surface area (Å²) in [5, 5.41) is 11.6. The van der Waals surface area contributed by atoms with Crippen LogP contribution < -0.4 is 5.73 Å². The van der Waals surface area contributed by atoms with Gasteiger partial charge >= 0.3 is 0 Å². The zero-order valence-electron chi connectivity index (χ0n) is 11.7. The van der Waals surface area contributed by atoms with E-state index in [-0.39, 0.29) is 5.82 Å². The van der Waals surface area contributed by atoms with Crippen LogP contribution in [0, 0.1) is 19.7 Å². The highest BCUT2D eigenvalue weighted by molar-refractivity contribution is 5.65. The Morgan fingerprint density at radius 2 is 1.90 bits per heavy atom. The number of tetrazole rings is 1. The molecule has 0 aliphatic rings. The van der Waals surface area contributed by atoms with Crippen molar-refractivity contribution in [2.75, 3.05) is 5.73 Å². The molecule has 2 N–H and O–H groups in total. The number of nitrogen functional groups attached to an aromatic ring is 1. The number of anilines is 1. The van der Waals surface area contributed by atoms with Gasteiger partial charge in [-0.1, -0.05) is 12.1 Å². The number of aryl methyl sites for hydroxylation is 2. The van der Waals surface area contributed by atoms with Gasteiger partial charge in [0.15, 0.2) is 5.82 Å². The van der Waals surface area contributed by atoms with Crippen LogP contribution in [0.3, 0.4) is 0 Å². The molecule has 0 aliphatic heterocycles. The van der Waals surface area contributed by atoms with Crippen molar-refractivity contribution in [2.45, 2.75) is 13.8 Å². The Kier molecular flexibility index (Phi) is 3.13. The minimum Gasteiger partial charge on any atom is -0.399 e. The van der Waals surface area contributed by atoms with Crippen molar-refractivity contribution in [1.29, 1.82) is 0 Å². The Morgan fingerprint density at radius 1 is 1.10 bits per heavy atom. The maximum atomic E-state index is 14.1. The van der Waals surface area contributed by atoms with Gasteiger partial charge < -0.3 is 5.73 Å². The first-order valence-electron chi connectivity index (χ1n) is 6.48. The second-order valence-corrected chi connectivity index (χ2v) is 4.89. The molecule has 0 bridgehead atoms. The third kappa shape index (κ3) is 2.24. The van der Waals surface area contributed by atoms with E-state index in [9.17, 15) is 4.39 Å². The summed E-state index contributed by atoms with van der Waals surface area (Å²) in [5.74, 6) is 0.123. The Bertz CT molecular complexity index is 789. The molecule has 0 aliphatic carbocycles. The van der Waals surface area contributed by atoms with Crippen LogP contribution in [0.4, 0.5) is 10.1 Å². The predicted octanol–water partition coefficient (Wildman–Crippen LogP) is 2.67. The maximum absolute atomic E-state index is 14.1. The van der Waals surface area contributed by atoms with Crippen molar-refractivity contribution in [2.24, 2.45) is 0 Å². The SMILES string of the molecule is Cc1cc(N)ccc1-c1nnnn1-c1c(C)cccc1F. The lowest BCUT2D eigenvalue weighted by Gasteiger charge is -2.10. The molecular weight excluding hydrogens is 269 g/mol. The Balaban J connectivity index is 2.22. The molecule has 0 saturated heterocycles. The molecule has 3 aromatic rings. The quantitative estimate of drug-likeness (QED) is 0.734. The van der Waals surface area contributed by atoms with Gasteiger partial charge in [-0.05, 0) is 59.7 Å². The maximum Gasteiger partial charge on any atom is 0.187 e. The number of rotatable bonds is 2. The third-order valence-electron chi connectivity index (χ3n) is 3.36. The van der Waals surface area contributed by atoms with E-state index in [1.807, 2.05) is 32.0 Å². The van der Waals surface area contributed by atoms with Crippen molar-refractivity contribution in [1.82, 2.24) is 20.2 Å². The smallest absolute Gasteiger partial charge is 0.187 e. The zero-order valence-corrected chi connectivity index (χ0v) is 11.7. The molecule has 0 atom stereocenters. The van der Waals surface area contributed by atoms with E-state index in [1.54, 1.807) is 12.1 Å². The molecule has 21 heavy (non-hydrogen) atoms. The molecule has 0 saturated carbocycles. The van der Waals surface area contributed by atoms with E-state index in [2.05, 4.69) is 15.5 Å². The Morgan fingerprint density at radius 3 is 2.62 bits per heavy atom. The highest BCUT2D eigenvalue weighted by Crippen LogP contribution is 2.26. The lowest BCUT2D eigenvalue weighted by molar-refractivity contribution is 0.606. The molecule has 106 valence electrons. The Labute approximate surface area is 121 Å². The molecule has 0 amide bonds. The number of hydrogen-bond donors (Lipinski definition) is 1. The first-order chi connectivity index (χ1) is 10.1. The summed E-state index contributed by atoms with van der Waals surface area (Å²) in [4.78, 5) is 0. The average Bonchev–Trinajstić information content (AvgIpc) is 2.87. The summed E-state index contributed by atoms with van der Waals surface area (Å²) < 4.78 is 15.6. The lowest BCUT2D eigenvalue weighted by Crippen LogP contribution is -2.05. The molecule has 0 radical (unpaired) electrons. The van der Waals surface area contributed by atoms with Crippen LogP contribution in [0.5, 0.6) is 0 Å². The summed E-state index contributed by atoms with van der Waals surface area (Å²) in [6, 6.07) is 10.3. The number of halogens is 1. The van der Waals surface area contributed by atoms with Gasteiger partial charge in [-0.2, -0.15) is 4.68 Å². The topological polar surface area (TPSA) is 69.6 Å². The molecular formula is C15H14FN5. The molecule has 0 unspecified atom stereocenters. The zero-order chi connectivity index (χ0) is 15.0. The van der Waals surface area contributed by atoms with Crippen LogP contribution in [-0.4, -0.2) is 20.2 Å². The average molecular weight is 283 g/mol. The number of nitrogens with zero attached hydrogens (tertiary/aromatic N) is 4. The number of hydrogen-bond acceptors (Lipinski definition) is 4. The lowest BCUT2D eigenvalue weighted by atomic mass is 10.1. The number of nitrogens with two attached hydrogens (primary N) is 1. The fourth-order valence-corrected chi connectivity index (χ4v) is 2.33. The fourth-order valence-electron chi connectivity index (χ4n) is 2.33. The molecule has 2 aromatic carbocycles. The van der Waals surface area contributed by atoms with Gasteiger partial charge in [-0.15, -0.1) is 5.10 Å². The molecule has 0 spiro atoms. The van der Waals surface area contributed by atoms with Crippen LogP contribution in [-0.2, 0) is 0 Å². The van der Waals surface area contributed by atoms with Crippen LogP contribution in [0.2, 0.25) is 0 Å². The van der Waals surface area contributed by atoms with Crippen LogP contribution in [0.15, 0.2) is 36.4 Å². The standard InChI is InChI=1S/C15H14FN5/c1-9-4-3-5-13(16)14(9)21-15(18-19-20-21)12-7-6-11(17)8-10(12)2/h3-8H,17H2,1-2H3. The van der Waals surface area contributed by atoms with Crippen LogP contribution in [0.25, 0.3) is 17.1 Å². The highest BCUT2D eigenvalue weighted by atomic mass is 19.1. The van der Waals surface area contributed by atoms with E-state index in [0.717, 1.165) is 16.7 Å². The summed E-state index contributed by atoms with van der Waals surface area (Å²) in [5.41, 5.74) is 9.29. The largest absolute Gasteiger partial charge is 0.399 e. The monoisotopic (exact) mass is 283 g/mol. The minimum atomic E-state index is -0.364. The van der Waals surface area contributed by atoms with Gasteiger partial charge in [0.25, 0.3) is 0 Å². The fraction of sp³-hybridized carbons (Fsp3) is 0.133. The second kappa shape index (κ2) is 4.97. The molecule has 3 rings (SSSR count). The van der Waals surface area contributed by atoms with Crippen LogP contribution >= 0.6 is 0 Å². The molecule has 0 fully saturated rings. The normalized spacial score (nSPS) is 10.8. The summed E-state index contributed by atoms with van der Waals surface area (Å²) in [7, 11) is 0. The summed E-state index contributed by atoms with van der Waals surface area (Å²) in [6.45, 7) is 3.73. The van der Waals surface area contributed by atoms with Crippen molar-refractivity contribution in [3.63, 3.8) is 0 Å². The molecule has 1 heterocycles. The molecule has 5 nitrogen and oxygen atoms in total. The van der Waals surface area contributed by atoms with E-state index in [0.29, 0.717) is 17.2 Å². The van der Waals surface area contributed by atoms with E-state index in [1.165, 1.54) is 10.7 Å². The van der Waals surface area contributed by atoms with Gasteiger partial charge in [0.05, 0.1) is 0 Å². The van der Waals surface area contributed by atoms with E-state index >= 15 is 0 Å². The van der Waals surface area contributed by atoms with E-state index < -0.39 is 0 Å². The number of para-hydroxylation sites is 1. The Hall–Kier alpha value is -2.76. The van der Waals surface area contributed by atoms with Crippen molar-refractivity contribution in [3.8, 4) is 17.1 Å². The number of aromatic nitrogens is 4. The van der Waals surface area contributed by atoms with Gasteiger partial charge in [0.1, 0.15) is 11.5 Å². The van der Waals surface area contributed by atoms with E-state index in [4.69, 9.17) is 5.73 Å². The summed E-state index contributed by atoms with van der Waals surface area (Å²) in [6.07, 6.45) is 0. The van der Waals surface area contributed by atoms with Crippen molar-refractivity contribution < 1.29 is 4.39 Å². The van der Waals surface area contributed by atoms with Crippen molar-refractivity contribution >= 4 is 5.69 Å². The minimum absolute atomic E-state index is 0.355. The second-order valence-electron chi connectivity index (χ2n) is 4.89. The van der Waals surface area contributed by atoms with Crippen LogP contribution in [0.1, 0.15) is 11.1 Å². The van der Waals surface area contributed by atoms with Gasteiger partial charge in [-0.3, -0.25) is 0 Å². The summed E-state index contributed by atoms with van der Waals surface area (Å²) >= 11 is 0. The highest BCUT2D eigenvalue weighted by Gasteiger charge is 2.17. The molecule has 1 aromatic heterocycles. The van der Waals surface area contributed by atoms with Crippen molar-refractivity contribution in [3.05, 3.63) is 53.3 Å². The molecule has 6 heteroatoms. The first-order valence-corrected chi connectivity index (χ1v) is 6.48. The number of benzene rings is 2. The first kappa shape index (κ1) is 13.2. The van der Waals surface area contributed by atoms with Gasteiger partial charge in [-0.25, -0.2) is 4.39 Å². The third-order valence-corrected chi connectivity index (χ3v) is 3.36. The predicted molar refractivity (Wildman–Crippen MR) is 78.4 cm³/mol. The van der Waals surface area contributed by atoms with Gasteiger partial charge in [0, 0.05) is 11.3 Å².